The van der Waals surface area contributed by atoms with E-state index >= 15 is 0 Å². The first-order valence-corrected chi connectivity index (χ1v) is 14.6. The molecule has 1 aliphatic heterocycles. The predicted molar refractivity (Wildman–Crippen MR) is 146 cm³/mol. The number of carbonyl (C=O) groups is 1. The zero-order chi connectivity index (χ0) is 29.5. The number of H-pyrrole nitrogens is 1. The highest BCUT2D eigenvalue weighted by Gasteiger charge is 2.41. The molecule has 0 bridgehead atoms. The Balaban J connectivity index is 1.36. The number of aromatic amines is 1. The average molecular weight is 590 g/mol. The fraction of sp³-hybridized carbons (Fsp3) is 0.462. The molecule has 14 nitrogen and oxygen atoms in total. The third-order valence-electron chi connectivity index (χ3n) is 6.77. The van der Waals surface area contributed by atoms with Gasteiger partial charge in [0.15, 0.2) is 22.7 Å². The summed E-state index contributed by atoms with van der Waals surface area (Å²) in [6.45, 7) is 10.5. The second-order valence-corrected chi connectivity index (χ2v) is 11.9. The van der Waals surface area contributed by atoms with E-state index in [1.165, 1.54) is 25.4 Å². The van der Waals surface area contributed by atoms with Crippen LogP contribution in [0.3, 0.4) is 0 Å². The van der Waals surface area contributed by atoms with Crippen LogP contribution in [0.15, 0.2) is 41.5 Å². The zero-order valence-corrected chi connectivity index (χ0v) is 23.9. The van der Waals surface area contributed by atoms with Crippen LogP contribution in [-0.2, 0) is 18.6 Å². The first-order chi connectivity index (χ1) is 19.4. The van der Waals surface area contributed by atoms with Crippen molar-refractivity contribution in [1.29, 1.82) is 0 Å². The number of aromatic nitrogens is 4. The summed E-state index contributed by atoms with van der Waals surface area (Å²) in [5.41, 5.74) is 0.735. The number of imidazole rings is 1. The molecule has 3 aromatic rings. The van der Waals surface area contributed by atoms with Crippen molar-refractivity contribution in [2.24, 2.45) is 5.92 Å². The number of carbonyl (C=O) groups excluding carboxylic acids is 1. The van der Waals surface area contributed by atoms with Crippen molar-refractivity contribution in [3.63, 3.8) is 0 Å². The van der Waals surface area contributed by atoms with Crippen LogP contribution in [0.1, 0.15) is 39.1 Å². The number of hydrogen-bond donors (Lipinski definition) is 3. The zero-order valence-electron chi connectivity index (χ0n) is 23.0. The van der Waals surface area contributed by atoms with Gasteiger partial charge in [-0.1, -0.05) is 6.58 Å². The standard InChI is InChI=1S/C26H32N5O9P/c1-13(2)39-26(34)15(4)30-41(35,40-17-6-7-21-22(8-17)37-12-36-21)38-10-18-14(3)19(9-20(18)32)31-11-27-23-24(31)28-16(5)29-25(23)33/h6-8,11,13,15,18-20,32H,3,9-10,12H2,1-2,4-5H3,(H,30,35)(H,28,29,33)/t15-,18-,19-,20-,41?/m0/s1. The summed E-state index contributed by atoms with van der Waals surface area (Å²) < 4.78 is 43.2. The Bertz CT molecular complexity index is 1590. The maximum atomic E-state index is 14.0. The van der Waals surface area contributed by atoms with Gasteiger partial charge >= 0.3 is 13.7 Å². The lowest BCUT2D eigenvalue weighted by molar-refractivity contribution is -0.149. The van der Waals surface area contributed by atoms with Gasteiger partial charge in [-0.05, 0) is 51.8 Å². The van der Waals surface area contributed by atoms with E-state index in [-0.39, 0.29) is 42.8 Å². The highest BCUT2D eigenvalue weighted by atomic mass is 31.2. The number of fused-ring (bicyclic) bond motifs is 2. The molecule has 3 heterocycles. The van der Waals surface area contributed by atoms with Crippen LogP contribution in [0.4, 0.5) is 0 Å². The van der Waals surface area contributed by atoms with Crippen LogP contribution in [0.2, 0.25) is 0 Å². The summed E-state index contributed by atoms with van der Waals surface area (Å²) in [7, 11) is -4.23. The van der Waals surface area contributed by atoms with Crippen LogP contribution in [-0.4, -0.2) is 62.2 Å². The highest BCUT2D eigenvalue weighted by molar-refractivity contribution is 7.52. The fourth-order valence-electron chi connectivity index (χ4n) is 4.78. The number of nitrogens with zero attached hydrogens (tertiary/aromatic N) is 3. The van der Waals surface area contributed by atoms with Gasteiger partial charge in [0.25, 0.3) is 5.56 Å². The molecule has 1 fully saturated rings. The summed E-state index contributed by atoms with van der Waals surface area (Å²) >= 11 is 0. The molecule has 15 heteroatoms. The molecule has 1 aliphatic carbocycles. The van der Waals surface area contributed by atoms with Gasteiger partial charge in [-0.3, -0.25) is 14.1 Å². The first-order valence-electron chi connectivity index (χ1n) is 13.1. The Morgan fingerprint density at radius 1 is 1.32 bits per heavy atom. The molecule has 2 aliphatic rings. The van der Waals surface area contributed by atoms with Crippen LogP contribution in [0, 0.1) is 12.8 Å². The monoisotopic (exact) mass is 589 g/mol. The number of rotatable bonds is 10. The van der Waals surface area contributed by atoms with Crippen LogP contribution in [0.5, 0.6) is 17.2 Å². The molecule has 2 aromatic heterocycles. The number of benzene rings is 1. The minimum atomic E-state index is -4.23. The molecule has 5 atom stereocenters. The van der Waals surface area contributed by atoms with Crippen LogP contribution >= 0.6 is 7.75 Å². The molecule has 0 saturated heterocycles. The van der Waals surface area contributed by atoms with E-state index in [9.17, 15) is 19.3 Å². The van der Waals surface area contributed by atoms with Crippen molar-refractivity contribution in [3.05, 3.63) is 52.9 Å². The van der Waals surface area contributed by atoms with Gasteiger partial charge in [0.05, 0.1) is 31.2 Å². The normalized spacial score (nSPS) is 22.2. The molecule has 1 unspecified atom stereocenters. The minimum absolute atomic E-state index is 0.0434. The van der Waals surface area contributed by atoms with E-state index in [0.29, 0.717) is 28.5 Å². The second-order valence-electron chi connectivity index (χ2n) is 10.2. The fourth-order valence-corrected chi connectivity index (χ4v) is 6.29. The lowest BCUT2D eigenvalue weighted by Gasteiger charge is -2.25. The van der Waals surface area contributed by atoms with E-state index in [4.69, 9.17) is 23.3 Å². The highest BCUT2D eigenvalue weighted by Crippen LogP contribution is 2.49. The molecule has 3 N–H and O–H groups in total. The molecule has 41 heavy (non-hydrogen) atoms. The number of hydrogen-bond acceptors (Lipinski definition) is 11. The largest absolute Gasteiger partial charge is 0.462 e. The van der Waals surface area contributed by atoms with Gasteiger partial charge in [0, 0.05) is 12.0 Å². The second kappa shape index (κ2) is 11.3. The summed E-state index contributed by atoms with van der Waals surface area (Å²) in [6, 6.07) is 3.13. The summed E-state index contributed by atoms with van der Waals surface area (Å²) in [5.74, 6) is 0.173. The van der Waals surface area contributed by atoms with Gasteiger partial charge in [0.1, 0.15) is 17.6 Å². The van der Waals surface area contributed by atoms with Crippen molar-refractivity contribution in [2.45, 2.75) is 58.4 Å². The predicted octanol–water partition coefficient (Wildman–Crippen LogP) is 2.77. The quantitative estimate of drug-likeness (QED) is 0.179. The number of esters is 1. The summed E-state index contributed by atoms with van der Waals surface area (Å²) in [5, 5.41) is 13.6. The van der Waals surface area contributed by atoms with E-state index in [2.05, 4.69) is 26.6 Å². The Morgan fingerprint density at radius 3 is 2.83 bits per heavy atom. The summed E-state index contributed by atoms with van der Waals surface area (Å²) in [6.07, 6.45) is 0.415. The van der Waals surface area contributed by atoms with Crippen LogP contribution in [0.25, 0.3) is 11.2 Å². The summed E-state index contributed by atoms with van der Waals surface area (Å²) in [4.78, 5) is 36.0. The lowest BCUT2D eigenvalue weighted by atomic mass is 10.0. The van der Waals surface area contributed by atoms with Crippen LogP contribution < -0.4 is 24.6 Å². The minimum Gasteiger partial charge on any atom is -0.462 e. The third-order valence-corrected chi connectivity index (χ3v) is 8.41. The van der Waals surface area contributed by atoms with E-state index < -0.39 is 37.8 Å². The maximum absolute atomic E-state index is 14.0. The number of aryl methyl sites for hydroxylation is 1. The van der Waals surface area contributed by atoms with E-state index in [1.807, 2.05) is 0 Å². The molecule has 1 saturated carbocycles. The number of aliphatic hydroxyl groups is 1. The Kier molecular flexibility index (Phi) is 7.93. The molecular formula is C26H32N5O9P. The SMILES string of the molecule is C=C1[C@H](COP(=O)(N[C@@H](C)C(=O)OC(C)C)Oc2ccc3c(c2)OCO3)[C@@H](O)C[C@@H]1n1cnc2c(=O)[nH]c(C)nc21. The number of ether oxygens (including phenoxy) is 3. The topological polar surface area (TPSA) is 176 Å². The Labute approximate surface area is 235 Å². The van der Waals surface area contributed by atoms with Gasteiger partial charge < -0.3 is 33.4 Å². The van der Waals surface area contributed by atoms with Crippen molar-refractivity contribution in [1.82, 2.24) is 24.6 Å². The molecule has 1 aromatic carbocycles. The number of aliphatic hydroxyl groups excluding tert-OH is 1. The first kappa shape index (κ1) is 28.8. The van der Waals surface area contributed by atoms with Crippen molar-refractivity contribution >= 4 is 24.9 Å². The molecule has 220 valence electrons. The van der Waals surface area contributed by atoms with Gasteiger partial charge in [-0.2, -0.15) is 5.09 Å². The van der Waals surface area contributed by atoms with Gasteiger partial charge in [-0.15, -0.1) is 0 Å². The van der Waals surface area contributed by atoms with Gasteiger partial charge in [0.2, 0.25) is 6.79 Å². The van der Waals surface area contributed by atoms with Crippen molar-refractivity contribution in [2.75, 3.05) is 13.4 Å². The Morgan fingerprint density at radius 2 is 2.07 bits per heavy atom. The van der Waals surface area contributed by atoms with Crippen molar-refractivity contribution in [3.8, 4) is 17.2 Å². The smallest absolute Gasteiger partial charge is 0.459 e. The molecule has 0 amide bonds. The van der Waals surface area contributed by atoms with Crippen molar-refractivity contribution < 1.29 is 37.7 Å². The molecule has 5 rings (SSSR count). The Hall–Kier alpha value is -3.71. The van der Waals surface area contributed by atoms with E-state index in [0.717, 1.165) is 0 Å². The lowest BCUT2D eigenvalue weighted by Crippen LogP contribution is -2.36. The number of nitrogens with one attached hydrogen (secondary N) is 2. The average Bonchev–Trinajstić information content (AvgIpc) is 3.59. The van der Waals surface area contributed by atoms with E-state index in [1.54, 1.807) is 31.4 Å². The van der Waals surface area contributed by atoms with Gasteiger partial charge in [-0.25, -0.2) is 14.5 Å². The molecule has 0 spiro atoms. The molecular weight excluding hydrogens is 557 g/mol. The maximum Gasteiger partial charge on any atom is 0.459 e. The third kappa shape index (κ3) is 6.01. The molecule has 0 radical (unpaired) electrons.